The zero-order chi connectivity index (χ0) is 17.1. The maximum absolute atomic E-state index is 12.6. The third-order valence-electron chi connectivity index (χ3n) is 3.96. The van der Waals surface area contributed by atoms with Crippen LogP contribution in [0, 0.1) is 0 Å². The highest BCUT2D eigenvalue weighted by Crippen LogP contribution is 2.27. The number of hydrogen-bond donors (Lipinski definition) is 2. The van der Waals surface area contributed by atoms with E-state index < -0.39 is 6.10 Å². The molecule has 0 bridgehead atoms. The second-order valence-corrected chi connectivity index (χ2v) is 6.12. The summed E-state index contributed by atoms with van der Waals surface area (Å²) in [6.07, 6.45) is -1.23. The molecule has 24 heavy (non-hydrogen) atoms. The van der Waals surface area contributed by atoms with Crippen LogP contribution in [-0.4, -0.2) is 58.6 Å². The van der Waals surface area contributed by atoms with E-state index in [4.69, 9.17) is 10.5 Å². The summed E-state index contributed by atoms with van der Waals surface area (Å²) >= 11 is 1.24. The van der Waals surface area contributed by atoms with Gasteiger partial charge in [0.25, 0.3) is 5.91 Å². The van der Waals surface area contributed by atoms with Crippen LogP contribution in [0.3, 0.4) is 0 Å². The van der Waals surface area contributed by atoms with Crippen LogP contribution in [0.15, 0.2) is 24.3 Å². The number of benzene rings is 1. The first-order chi connectivity index (χ1) is 11.6. The molecule has 9 heteroatoms. The highest BCUT2D eigenvalue weighted by Gasteiger charge is 2.29. The number of rotatable bonds is 4. The van der Waals surface area contributed by atoms with Crippen LogP contribution in [0.2, 0.25) is 0 Å². The van der Waals surface area contributed by atoms with Gasteiger partial charge in [-0.05, 0) is 6.07 Å². The van der Waals surface area contributed by atoms with Crippen molar-refractivity contribution in [1.29, 1.82) is 0 Å². The lowest BCUT2D eigenvalue weighted by molar-refractivity contribution is -0.140. The van der Waals surface area contributed by atoms with Crippen LogP contribution >= 0.6 is 11.5 Å². The van der Waals surface area contributed by atoms with E-state index in [2.05, 4.69) is 9.36 Å². The molecule has 8 nitrogen and oxygen atoms in total. The van der Waals surface area contributed by atoms with Gasteiger partial charge in [-0.15, -0.1) is 0 Å². The summed E-state index contributed by atoms with van der Waals surface area (Å²) in [4.78, 5) is 20.4. The number of piperazine rings is 1. The second-order valence-electron chi connectivity index (χ2n) is 5.39. The molecule has 1 unspecified atom stereocenters. The lowest BCUT2D eigenvalue weighted by Crippen LogP contribution is -2.50. The fourth-order valence-electron chi connectivity index (χ4n) is 2.67. The molecule has 1 amide bonds. The molecule has 128 valence electrons. The molecule has 3 N–H and O–H groups in total. The molecular weight excluding hydrogens is 330 g/mol. The van der Waals surface area contributed by atoms with Crippen molar-refractivity contribution in [2.75, 3.05) is 43.9 Å². The SMILES string of the molecule is COc1ccccc1C(O)C(=O)N1CCN(c2nc(N)ns2)CC1. The molecule has 1 aromatic heterocycles. The maximum Gasteiger partial charge on any atom is 0.256 e. The fourth-order valence-corrected chi connectivity index (χ4v) is 3.32. The molecule has 2 heterocycles. The monoisotopic (exact) mass is 349 g/mol. The number of para-hydroxylation sites is 1. The number of aliphatic hydroxyl groups excluding tert-OH is 1. The molecule has 0 saturated carbocycles. The molecule has 3 rings (SSSR count). The number of carbonyl (C=O) groups excluding carboxylic acids is 1. The van der Waals surface area contributed by atoms with E-state index in [1.165, 1.54) is 18.6 Å². The zero-order valence-corrected chi connectivity index (χ0v) is 14.1. The summed E-state index contributed by atoms with van der Waals surface area (Å²) in [7, 11) is 1.52. The highest BCUT2D eigenvalue weighted by atomic mass is 32.1. The fraction of sp³-hybridized carbons (Fsp3) is 0.400. The molecule has 0 radical (unpaired) electrons. The Bertz CT molecular complexity index is 715. The van der Waals surface area contributed by atoms with E-state index in [0.29, 0.717) is 37.5 Å². The average Bonchev–Trinajstić information content (AvgIpc) is 3.07. The van der Waals surface area contributed by atoms with Crippen LogP contribution in [0.4, 0.5) is 11.1 Å². The molecule has 1 aliphatic rings. The zero-order valence-electron chi connectivity index (χ0n) is 13.3. The molecule has 1 aromatic carbocycles. The topological polar surface area (TPSA) is 105 Å². The Morgan fingerprint density at radius 1 is 1.33 bits per heavy atom. The maximum atomic E-state index is 12.6. The van der Waals surface area contributed by atoms with Crippen LogP contribution in [-0.2, 0) is 4.79 Å². The number of amides is 1. The number of nitrogens with two attached hydrogens (primary N) is 1. The van der Waals surface area contributed by atoms with E-state index in [0.717, 1.165) is 5.13 Å². The Balaban J connectivity index is 1.64. The van der Waals surface area contributed by atoms with E-state index in [-0.39, 0.29) is 11.9 Å². The number of nitrogen functional groups attached to an aromatic ring is 1. The van der Waals surface area contributed by atoms with Gasteiger partial charge in [-0.25, -0.2) is 0 Å². The largest absolute Gasteiger partial charge is 0.496 e. The Hall–Kier alpha value is -2.39. The van der Waals surface area contributed by atoms with Gasteiger partial charge in [0.15, 0.2) is 6.10 Å². The number of hydrogen-bond acceptors (Lipinski definition) is 8. The lowest BCUT2D eigenvalue weighted by atomic mass is 10.1. The molecule has 1 saturated heterocycles. The van der Waals surface area contributed by atoms with Gasteiger partial charge in [0.2, 0.25) is 11.1 Å². The Morgan fingerprint density at radius 3 is 2.67 bits per heavy atom. The van der Waals surface area contributed by atoms with Gasteiger partial charge in [0.1, 0.15) is 5.75 Å². The minimum absolute atomic E-state index is 0.264. The third-order valence-corrected chi connectivity index (χ3v) is 4.75. The summed E-state index contributed by atoms with van der Waals surface area (Å²) in [5.41, 5.74) is 6.02. The predicted molar refractivity (Wildman–Crippen MR) is 91.1 cm³/mol. The van der Waals surface area contributed by atoms with Gasteiger partial charge in [-0.2, -0.15) is 9.36 Å². The first kappa shape index (κ1) is 16.5. The van der Waals surface area contributed by atoms with E-state index >= 15 is 0 Å². The summed E-state index contributed by atoms with van der Waals surface area (Å²) < 4.78 is 9.18. The summed E-state index contributed by atoms with van der Waals surface area (Å²) in [5.74, 6) is 0.442. The quantitative estimate of drug-likeness (QED) is 0.828. The Labute approximate surface area is 143 Å². The summed E-state index contributed by atoms with van der Waals surface area (Å²) in [5, 5.41) is 11.2. The summed E-state index contributed by atoms with van der Waals surface area (Å²) in [6, 6.07) is 6.99. The van der Waals surface area contributed by atoms with Crippen LogP contribution in [0.1, 0.15) is 11.7 Å². The number of aliphatic hydroxyl groups is 1. The Kier molecular flexibility index (Phi) is 4.81. The number of nitrogens with zero attached hydrogens (tertiary/aromatic N) is 4. The van der Waals surface area contributed by atoms with E-state index in [9.17, 15) is 9.90 Å². The van der Waals surface area contributed by atoms with Crippen molar-refractivity contribution in [3.8, 4) is 5.75 Å². The van der Waals surface area contributed by atoms with Gasteiger partial charge in [-0.3, -0.25) is 4.79 Å². The first-order valence-corrected chi connectivity index (χ1v) is 8.31. The van der Waals surface area contributed by atoms with Crippen molar-refractivity contribution in [3.05, 3.63) is 29.8 Å². The smallest absolute Gasteiger partial charge is 0.256 e. The average molecular weight is 349 g/mol. The third kappa shape index (κ3) is 3.26. The van der Waals surface area contributed by atoms with Crippen LogP contribution < -0.4 is 15.4 Å². The standard InChI is InChI=1S/C15H19N5O3S/c1-23-11-5-3-2-4-10(11)12(21)13(22)19-6-8-20(9-7-19)15-17-14(16)18-24-15/h2-5,12,21H,6-9H2,1H3,(H2,16,18). The van der Waals surface area contributed by atoms with Gasteiger partial charge < -0.3 is 25.4 Å². The van der Waals surface area contributed by atoms with Crippen molar-refractivity contribution in [3.63, 3.8) is 0 Å². The summed E-state index contributed by atoms with van der Waals surface area (Å²) in [6.45, 7) is 2.26. The van der Waals surface area contributed by atoms with Crippen molar-refractivity contribution >= 4 is 28.5 Å². The highest BCUT2D eigenvalue weighted by molar-refractivity contribution is 7.09. The molecule has 1 atom stereocenters. The molecule has 0 aliphatic carbocycles. The van der Waals surface area contributed by atoms with E-state index in [1.54, 1.807) is 29.2 Å². The molecule has 0 spiro atoms. The Morgan fingerprint density at radius 2 is 2.04 bits per heavy atom. The molecule has 1 fully saturated rings. The van der Waals surface area contributed by atoms with Gasteiger partial charge >= 0.3 is 0 Å². The minimum Gasteiger partial charge on any atom is -0.496 e. The second kappa shape index (κ2) is 7.02. The lowest BCUT2D eigenvalue weighted by Gasteiger charge is -2.35. The van der Waals surface area contributed by atoms with Crippen LogP contribution in [0.5, 0.6) is 5.75 Å². The first-order valence-electron chi connectivity index (χ1n) is 7.54. The van der Waals surface area contributed by atoms with Gasteiger partial charge in [0.05, 0.1) is 7.11 Å². The predicted octanol–water partition coefficient (Wildman–Crippen LogP) is 0.511. The number of ether oxygens (including phenoxy) is 1. The normalized spacial score (nSPS) is 16.1. The number of aromatic nitrogens is 2. The van der Waals surface area contributed by atoms with Crippen molar-refractivity contribution in [2.24, 2.45) is 0 Å². The van der Waals surface area contributed by atoms with Crippen molar-refractivity contribution in [2.45, 2.75) is 6.10 Å². The van der Waals surface area contributed by atoms with Gasteiger partial charge in [0, 0.05) is 43.3 Å². The number of anilines is 2. The number of carbonyl (C=O) groups is 1. The van der Waals surface area contributed by atoms with E-state index in [1.807, 2.05) is 4.90 Å². The molecular formula is C15H19N5O3S. The minimum atomic E-state index is -1.23. The van der Waals surface area contributed by atoms with Crippen molar-refractivity contribution < 1.29 is 14.6 Å². The molecule has 1 aliphatic heterocycles. The van der Waals surface area contributed by atoms with Crippen molar-refractivity contribution in [1.82, 2.24) is 14.3 Å². The molecule has 2 aromatic rings. The van der Waals surface area contributed by atoms with Gasteiger partial charge in [-0.1, -0.05) is 18.2 Å². The number of methoxy groups -OCH3 is 1. The van der Waals surface area contributed by atoms with Crippen LogP contribution in [0.25, 0.3) is 0 Å².